The fourth-order valence-corrected chi connectivity index (χ4v) is 2.49. The first kappa shape index (κ1) is 14.9. The number of methoxy groups -OCH3 is 1. The normalized spacial score (nSPS) is 10.8. The number of nitrogens with one attached hydrogen (secondary N) is 1. The van der Waals surface area contributed by atoms with Crippen LogP contribution in [0.5, 0.6) is 10.9 Å². The molecule has 20 heavy (non-hydrogen) atoms. The second kappa shape index (κ2) is 7.33. The maximum Gasteiger partial charge on any atom is 0.299 e. The smallest absolute Gasteiger partial charge is 0.299 e. The molecule has 2 aromatic rings. The van der Waals surface area contributed by atoms with Crippen LogP contribution in [0.3, 0.4) is 0 Å². The number of nitrogens with zero attached hydrogens (tertiary/aromatic N) is 2. The topological polar surface area (TPSA) is 56.3 Å². The average molecular weight is 293 g/mol. The highest BCUT2D eigenvalue weighted by molar-refractivity contribution is 7.13. The molecule has 0 bridgehead atoms. The Morgan fingerprint density at radius 3 is 2.60 bits per heavy atom. The number of hydrogen-bond acceptors (Lipinski definition) is 6. The van der Waals surface area contributed by atoms with E-state index in [1.54, 1.807) is 7.11 Å². The summed E-state index contributed by atoms with van der Waals surface area (Å²) < 4.78 is 10.7. The van der Waals surface area contributed by atoms with E-state index in [1.807, 2.05) is 26.0 Å². The molecule has 0 amide bonds. The zero-order valence-electron chi connectivity index (χ0n) is 12.0. The van der Waals surface area contributed by atoms with Crippen molar-refractivity contribution in [2.45, 2.75) is 20.4 Å². The van der Waals surface area contributed by atoms with Crippen LogP contribution in [0.2, 0.25) is 0 Å². The minimum Gasteiger partial charge on any atom is -0.430 e. The zero-order valence-corrected chi connectivity index (χ0v) is 12.8. The molecule has 0 aliphatic heterocycles. The van der Waals surface area contributed by atoms with Gasteiger partial charge in [0.05, 0.1) is 6.61 Å². The Kier molecular flexibility index (Phi) is 5.46. The van der Waals surface area contributed by atoms with Crippen LogP contribution < -0.4 is 10.1 Å². The number of hydrogen-bond donors (Lipinski definition) is 1. The summed E-state index contributed by atoms with van der Waals surface area (Å²) in [6.07, 6.45) is 0. The lowest BCUT2D eigenvalue weighted by Gasteiger charge is -2.03. The molecule has 6 heteroatoms. The lowest BCUT2D eigenvalue weighted by atomic mass is 10.1. The highest BCUT2D eigenvalue weighted by Crippen LogP contribution is 2.26. The number of rotatable bonds is 7. The van der Waals surface area contributed by atoms with Crippen LogP contribution in [0.15, 0.2) is 18.2 Å². The molecule has 1 heterocycles. The predicted octanol–water partition coefficient (Wildman–Crippen LogP) is 2.68. The van der Waals surface area contributed by atoms with E-state index in [9.17, 15) is 0 Å². The molecule has 1 aromatic heterocycles. The molecule has 5 nitrogen and oxygen atoms in total. The number of aromatic nitrogens is 2. The van der Waals surface area contributed by atoms with Crippen LogP contribution in [-0.2, 0) is 11.3 Å². The van der Waals surface area contributed by atoms with Crippen LogP contribution in [0.1, 0.15) is 16.1 Å². The Labute approximate surface area is 123 Å². The van der Waals surface area contributed by atoms with Gasteiger partial charge < -0.3 is 14.8 Å². The van der Waals surface area contributed by atoms with Crippen LogP contribution in [0, 0.1) is 13.8 Å². The van der Waals surface area contributed by atoms with Gasteiger partial charge in [-0.3, -0.25) is 0 Å². The summed E-state index contributed by atoms with van der Waals surface area (Å²) in [7, 11) is 1.68. The monoisotopic (exact) mass is 293 g/mol. The van der Waals surface area contributed by atoms with Crippen molar-refractivity contribution in [2.24, 2.45) is 0 Å². The van der Waals surface area contributed by atoms with Crippen molar-refractivity contribution in [1.29, 1.82) is 0 Å². The van der Waals surface area contributed by atoms with Gasteiger partial charge in [-0.05, 0) is 37.1 Å². The van der Waals surface area contributed by atoms with Gasteiger partial charge in [0.1, 0.15) is 10.8 Å². The first-order valence-electron chi connectivity index (χ1n) is 6.45. The van der Waals surface area contributed by atoms with Gasteiger partial charge in [-0.1, -0.05) is 22.5 Å². The highest BCUT2D eigenvalue weighted by Gasteiger charge is 2.06. The van der Waals surface area contributed by atoms with Gasteiger partial charge in [-0.25, -0.2) is 0 Å². The molecule has 0 spiro atoms. The third kappa shape index (κ3) is 4.56. The molecule has 0 saturated heterocycles. The molecule has 1 aromatic carbocycles. The van der Waals surface area contributed by atoms with Crippen molar-refractivity contribution >= 4 is 11.3 Å². The Bertz CT molecular complexity index is 537. The maximum atomic E-state index is 5.74. The zero-order chi connectivity index (χ0) is 14.4. The molecule has 1 N–H and O–H groups in total. The van der Waals surface area contributed by atoms with Crippen LogP contribution >= 0.6 is 11.3 Å². The van der Waals surface area contributed by atoms with Gasteiger partial charge in [0.2, 0.25) is 0 Å². The summed E-state index contributed by atoms with van der Waals surface area (Å²) in [5.41, 5.74) is 2.34. The first-order valence-corrected chi connectivity index (χ1v) is 7.27. The minimum absolute atomic E-state index is 0.568. The number of ether oxygens (including phenoxy) is 2. The van der Waals surface area contributed by atoms with Crippen molar-refractivity contribution in [3.63, 3.8) is 0 Å². The van der Waals surface area contributed by atoms with Gasteiger partial charge in [0, 0.05) is 20.2 Å². The van der Waals surface area contributed by atoms with E-state index in [4.69, 9.17) is 9.47 Å². The first-order chi connectivity index (χ1) is 9.67. The summed E-state index contributed by atoms with van der Waals surface area (Å²) in [6.45, 7) is 6.25. The standard InChI is InChI=1S/C14H19N3O2S/c1-10-6-11(2)8-12(7-10)19-14-17-16-13(20-14)9-15-4-5-18-3/h6-8,15H,4-5,9H2,1-3H3. The lowest BCUT2D eigenvalue weighted by Crippen LogP contribution is -2.18. The van der Waals surface area contributed by atoms with Crippen molar-refractivity contribution in [1.82, 2.24) is 15.5 Å². The van der Waals surface area contributed by atoms with E-state index in [0.717, 1.165) is 17.3 Å². The Morgan fingerprint density at radius 1 is 1.15 bits per heavy atom. The molecule has 0 fully saturated rings. The van der Waals surface area contributed by atoms with Gasteiger partial charge in [-0.15, -0.1) is 5.10 Å². The minimum atomic E-state index is 0.568. The van der Waals surface area contributed by atoms with Crippen molar-refractivity contribution in [3.8, 4) is 10.9 Å². The molecular weight excluding hydrogens is 274 g/mol. The fourth-order valence-electron chi connectivity index (χ4n) is 1.81. The lowest BCUT2D eigenvalue weighted by molar-refractivity contribution is 0.199. The van der Waals surface area contributed by atoms with Crippen LogP contribution in [-0.4, -0.2) is 30.5 Å². The average Bonchev–Trinajstić information content (AvgIpc) is 2.81. The molecular formula is C14H19N3O2S. The molecule has 0 atom stereocenters. The van der Waals surface area contributed by atoms with E-state index in [2.05, 4.69) is 21.6 Å². The third-order valence-electron chi connectivity index (χ3n) is 2.61. The van der Waals surface area contributed by atoms with Crippen molar-refractivity contribution in [3.05, 3.63) is 34.3 Å². The predicted molar refractivity (Wildman–Crippen MR) is 79.5 cm³/mol. The maximum absolute atomic E-state index is 5.74. The van der Waals surface area contributed by atoms with E-state index >= 15 is 0 Å². The van der Waals surface area contributed by atoms with E-state index in [1.165, 1.54) is 22.5 Å². The largest absolute Gasteiger partial charge is 0.430 e. The summed E-state index contributed by atoms with van der Waals surface area (Å²) in [5, 5.41) is 12.8. The SMILES string of the molecule is COCCNCc1nnc(Oc2cc(C)cc(C)c2)s1. The van der Waals surface area contributed by atoms with Gasteiger partial charge >= 0.3 is 0 Å². The van der Waals surface area contributed by atoms with E-state index in [0.29, 0.717) is 18.3 Å². The molecule has 108 valence electrons. The second-order valence-corrected chi connectivity index (χ2v) is 5.58. The van der Waals surface area contributed by atoms with Crippen molar-refractivity contribution in [2.75, 3.05) is 20.3 Å². The van der Waals surface area contributed by atoms with E-state index in [-0.39, 0.29) is 0 Å². The van der Waals surface area contributed by atoms with Crippen LogP contribution in [0.25, 0.3) is 0 Å². The number of aryl methyl sites for hydroxylation is 2. The summed E-state index contributed by atoms with van der Waals surface area (Å²) in [4.78, 5) is 0. The second-order valence-electron chi connectivity index (χ2n) is 4.56. The number of benzene rings is 1. The molecule has 2 rings (SSSR count). The summed E-state index contributed by atoms with van der Waals surface area (Å²) >= 11 is 1.45. The Balaban J connectivity index is 1.92. The quantitative estimate of drug-likeness (QED) is 0.795. The summed E-state index contributed by atoms with van der Waals surface area (Å²) in [5.74, 6) is 0.803. The van der Waals surface area contributed by atoms with Gasteiger partial charge in [-0.2, -0.15) is 0 Å². The van der Waals surface area contributed by atoms with Gasteiger partial charge in [0.25, 0.3) is 5.19 Å². The fraction of sp³-hybridized carbons (Fsp3) is 0.429. The Morgan fingerprint density at radius 2 is 1.90 bits per heavy atom. The van der Waals surface area contributed by atoms with Crippen molar-refractivity contribution < 1.29 is 9.47 Å². The summed E-state index contributed by atoms with van der Waals surface area (Å²) in [6, 6.07) is 6.09. The molecule has 0 saturated carbocycles. The third-order valence-corrected chi connectivity index (χ3v) is 3.41. The Hall–Kier alpha value is -1.50. The molecule has 0 radical (unpaired) electrons. The van der Waals surface area contributed by atoms with E-state index < -0.39 is 0 Å². The molecule has 0 aliphatic rings. The van der Waals surface area contributed by atoms with Gasteiger partial charge in [0.15, 0.2) is 0 Å². The highest BCUT2D eigenvalue weighted by atomic mass is 32.1. The molecule has 0 aliphatic carbocycles. The van der Waals surface area contributed by atoms with Crippen LogP contribution in [0.4, 0.5) is 0 Å². The molecule has 0 unspecified atom stereocenters.